The number of nitrogens with zero attached hydrogens (tertiary/aromatic N) is 5. The largest absolute Gasteiger partial charge is 0.275 e. The van der Waals surface area contributed by atoms with Gasteiger partial charge in [-0.3, -0.25) is 9.36 Å². The van der Waals surface area contributed by atoms with E-state index in [0.29, 0.717) is 5.69 Å². The third-order valence-corrected chi connectivity index (χ3v) is 3.58. The predicted octanol–water partition coefficient (Wildman–Crippen LogP) is 2.82. The van der Waals surface area contributed by atoms with E-state index in [1.54, 1.807) is 0 Å². The van der Waals surface area contributed by atoms with Crippen LogP contribution in [0.5, 0.6) is 0 Å². The van der Waals surface area contributed by atoms with Gasteiger partial charge >= 0.3 is 0 Å². The molecular formula is C16H23N5. The highest BCUT2D eigenvalue weighted by Gasteiger charge is 2.23. The summed E-state index contributed by atoms with van der Waals surface area (Å²) in [4.78, 5) is 0. The van der Waals surface area contributed by atoms with Crippen molar-refractivity contribution in [1.29, 1.82) is 5.26 Å². The molecule has 5 heteroatoms. The lowest BCUT2D eigenvalue weighted by atomic mass is 10.1. The summed E-state index contributed by atoms with van der Waals surface area (Å²) in [6, 6.07) is 2.20. The Labute approximate surface area is 126 Å². The Morgan fingerprint density at radius 1 is 1.24 bits per heavy atom. The fourth-order valence-electron chi connectivity index (χ4n) is 2.37. The Morgan fingerprint density at radius 3 is 2.48 bits per heavy atom. The third kappa shape index (κ3) is 3.72. The second-order valence-electron chi connectivity index (χ2n) is 5.37. The zero-order valence-electron chi connectivity index (χ0n) is 13.3. The van der Waals surface area contributed by atoms with Crippen molar-refractivity contribution >= 4 is 0 Å². The van der Waals surface area contributed by atoms with Gasteiger partial charge in [0, 0.05) is 38.0 Å². The Morgan fingerprint density at radius 2 is 1.95 bits per heavy atom. The van der Waals surface area contributed by atoms with Crippen LogP contribution in [0.15, 0.2) is 12.4 Å². The average molecular weight is 285 g/mol. The van der Waals surface area contributed by atoms with Crippen molar-refractivity contribution in [3.8, 4) is 6.07 Å². The van der Waals surface area contributed by atoms with E-state index in [-0.39, 0.29) is 0 Å². The van der Waals surface area contributed by atoms with E-state index in [1.807, 2.05) is 49.6 Å². The summed E-state index contributed by atoms with van der Waals surface area (Å²) in [6.07, 6.45) is 7.34. The van der Waals surface area contributed by atoms with Gasteiger partial charge in [0.25, 0.3) is 0 Å². The van der Waals surface area contributed by atoms with E-state index in [4.69, 9.17) is 0 Å². The lowest BCUT2D eigenvalue weighted by Crippen LogP contribution is -2.00. The zero-order chi connectivity index (χ0) is 15.4. The van der Waals surface area contributed by atoms with Crippen molar-refractivity contribution in [3.63, 3.8) is 0 Å². The molecule has 0 atom stereocenters. The van der Waals surface area contributed by atoms with Crippen molar-refractivity contribution in [2.45, 2.75) is 46.6 Å². The SMILES string of the molecule is CC.Cc1nn(C)cc1Cc1cn(CC2CC2)nc1C#N. The number of hydrogen-bond donors (Lipinski definition) is 0. The Bertz CT molecular complexity index is 640. The summed E-state index contributed by atoms with van der Waals surface area (Å²) in [6.45, 7) is 6.94. The van der Waals surface area contributed by atoms with Gasteiger partial charge in [-0.1, -0.05) is 13.8 Å². The van der Waals surface area contributed by atoms with E-state index in [2.05, 4.69) is 16.3 Å². The summed E-state index contributed by atoms with van der Waals surface area (Å²) in [5.74, 6) is 0.763. The number of nitriles is 1. The molecule has 0 spiro atoms. The quantitative estimate of drug-likeness (QED) is 0.868. The molecule has 0 saturated heterocycles. The summed E-state index contributed by atoms with van der Waals surface area (Å²) >= 11 is 0. The first kappa shape index (κ1) is 15.3. The second-order valence-corrected chi connectivity index (χ2v) is 5.37. The van der Waals surface area contributed by atoms with Gasteiger partial charge in [0.05, 0.1) is 5.69 Å². The van der Waals surface area contributed by atoms with Crippen LogP contribution in [0.2, 0.25) is 0 Å². The van der Waals surface area contributed by atoms with E-state index < -0.39 is 0 Å². The monoisotopic (exact) mass is 285 g/mol. The molecule has 0 amide bonds. The van der Waals surface area contributed by atoms with Gasteiger partial charge in [0.15, 0.2) is 5.69 Å². The molecule has 5 nitrogen and oxygen atoms in total. The minimum absolute atomic E-state index is 0.545. The topological polar surface area (TPSA) is 59.4 Å². The van der Waals surface area contributed by atoms with Gasteiger partial charge in [0.1, 0.15) is 6.07 Å². The minimum atomic E-state index is 0.545. The fraction of sp³-hybridized carbons (Fsp3) is 0.562. The van der Waals surface area contributed by atoms with Crippen LogP contribution in [-0.2, 0) is 20.0 Å². The van der Waals surface area contributed by atoms with Crippen LogP contribution in [0, 0.1) is 24.2 Å². The van der Waals surface area contributed by atoms with Crippen LogP contribution in [-0.4, -0.2) is 19.6 Å². The molecule has 1 aliphatic rings. The van der Waals surface area contributed by atoms with Crippen LogP contribution in [0.25, 0.3) is 0 Å². The molecule has 2 aromatic rings. The molecule has 21 heavy (non-hydrogen) atoms. The minimum Gasteiger partial charge on any atom is -0.275 e. The van der Waals surface area contributed by atoms with E-state index in [9.17, 15) is 5.26 Å². The molecule has 0 unspecified atom stereocenters. The van der Waals surface area contributed by atoms with E-state index in [0.717, 1.165) is 35.7 Å². The van der Waals surface area contributed by atoms with Crippen LogP contribution in [0.4, 0.5) is 0 Å². The van der Waals surface area contributed by atoms with Crippen LogP contribution in [0.3, 0.4) is 0 Å². The fourth-order valence-corrected chi connectivity index (χ4v) is 2.37. The maximum Gasteiger partial charge on any atom is 0.165 e. The normalized spacial score (nSPS) is 13.5. The number of hydrogen-bond acceptors (Lipinski definition) is 3. The lowest BCUT2D eigenvalue weighted by Gasteiger charge is -1.97. The van der Waals surface area contributed by atoms with Crippen molar-refractivity contribution in [1.82, 2.24) is 19.6 Å². The van der Waals surface area contributed by atoms with Gasteiger partial charge in [-0.25, -0.2) is 0 Å². The summed E-state index contributed by atoms with van der Waals surface area (Å²) in [5, 5.41) is 17.9. The summed E-state index contributed by atoms with van der Waals surface area (Å²) in [7, 11) is 1.91. The maximum absolute atomic E-state index is 9.19. The van der Waals surface area contributed by atoms with Crippen molar-refractivity contribution in [3.05, 3.63) is 34.9 Å². The number of aromatic nitrogens is 4. The molecule has 2 aromatic heterocycles. The van der Waals surface area contributed by atoms with Gasteiger partial charge in [0.2, 0.25) is 0 Å². The molecule has 3 rings (SSSR count). The smallest absolute Gasteiger partial charge is 0.165 e. The molecule has 0 bridgehead atoms. The van der Waals surface area contributed by atoms with Gasteiger partial charge < -0.3 is 0 Å². The summed E-state index contributed by atoms with van der Waals surface area (Å²) in [5.41, 5.74) is 3.72. The maximum atomic E-state index is 9.19. The predicted molar refractivity (Wildman–Crippen MR) is 81.8 cm³/mol. The number of aryl methyl sites for hydroxylation is 2. The molecule has 2 heterocycles. The molecular weight excluding hydrogens is 262 g/mol. The Balaban J connectivity index is 0.000000774. The van der Waals surface area contributed by atoms with Gasteiger partial charge in [-0.05, 0) is 31.2 Å². The standard InChI is InChI=1S/C14H17N5.C2H6/c1-10-12(8-18(2)16-10)5-13-9-19(7-11-3-4-11)17-14(13)6-15;1-2/h8-9,11H,3-5,7H2,1-2H3;1-2H3. The van der Waals surface area contributed by atoms with Crippen molar-refractivity contribution in [2.24, 2.45) is 13.0 Å². The highest BCUT2D eigenvalue weighted by atomic mass is 15.3. The van der Waals surface area contributed by atoms with Gasteiger partial charge in [-0.2, -0.15) is 15.5 Å². The first-order chi connectivity index (χ1) is 10.2. The zero-order valence-corrected chi connectivity index (χ0v) is 13.3. The average Bonchev–Trinajstić information content (AvgIpc) is 3.11. The first-order valence-electron chi connectivity index (χ1n) is 7.61. The summed E-state index contributed by atoms with van der Waals surface area (Å²) < 4.78 is 3.74. The molecule has 112 valence electrons. The van der Waals surface area contributed by atoms with Crippen molar-refractivity contribution < 1.29 is 0 Å². The molecule has 1 saturated carbocycles. The van der Waals surface area contributed by atoms with E-state index in [1.165, 1.54) is 12.8 Å². The molecule has 0 aromatic carbocycles. The number of rotatable bonds is 4. The van der Waals surface area contributed by atoms with Crippen LogP contribution < -0.4 is 0 Å². The molecule has 0 radical (unpaired) electrons. The van der Waals surface area contributed by atoms with E-state index >= 15 is 0 Å². The highest BCUT2D eigenvalue weighted by Crippen LogP contribution is 2.30. The Hall–Kier alpha value is -2.09. The van der Waals surface area contributed by atoms with Crippen molar-refractivity contribution in [2.75, 3.05) is 0 Å². The lowest BCUT2D eigenvalue weighted by molar-refractivity contribution is 0.561. The highest BCUT2D eigenvalue weighted by molar-refractivity contribution is 5.34. The molecule has 0 aliphatic heterocycles. The second kappa shape index (κ2) is 6.57. The van der Waals surface area contributed by atoms with Gasteiger partial charge in [-0.15, -0.1) is 0 Å². The molecule has 1 fully saturated rings. The third-order valence-electron chi connectivity index (χ3n) is 3.58. The molecule has 0 N–H and O–H groups in total. The van der Waals surface area contributed by atoms with Crippen LogP contribution >= 0.6 is 0 Å². The molecule has 1 aliphatic carbocycles. The Kier molecular flexibility index (Phi) is 4.79. The first-order valence-corrected chi connectivity index (χ1v) is 7.61. The van der Waals surface area contributed by atoms with Crippen LogP contribution in [0.1, 0.15) is 49.2 Å².